The summed E-state index contributed by atoms with van der Waals surface area (Å²) >= 11 is 0. The van der Waals surface area contributed by atoms with Gasteiger partial charge in [0.2, 0.25) is 0 Å². The molecule has 0 amide bonds. The third kappa shape index (κ3) is 4.20. The summed E-state index contributed by atoms with van der Waals surface area (Å²) in [7, 11) is 4.03. The molecule has 1 unspecified atom stereocenters. The topological polar surface area (TPSA) is 47.6 Å². The van der Waals surface area contributed by atoms with Crippen molar-refractivity contribution in [2.75, 3.05) is 37.0 Å². The van der Waals surface area contributed by atoms with E-state index in [2.05, 4.69) is 63.4 Å². The fourth-order valence-electron chi connectivity index (χ4n) is 4.11. The summed E-state index contributed by atoms with van der Waals surface area (Å²) in [5, 5.41) is 6.40. The minimum atomic E-state index is -0.232. The number of nitrogens with zero attached hydrogens (tertiary/aromatic N) is 2. The van der Waals surface area contributed by atoms with Gasteiger partial charge in [0.1, 0.15) is 0 Å². The van der Waals surface area contributed by atoms with Crippen LogP contribution in [0.15, 0.2) is 72.7 Å². The predicted molar refractivity (Wildman–Crippen MR) is 124 cm³/mol. The molecule has 2 aliphatic rings. The van der Waals surface area contributed by atoms with Crippen LogP contribution in [0.25, 0.3) is 0 Å². The van der Waals surface area contributed by atoms with Gasteiger partial charge in [-0.25, -0.2) is 0 Å². The highest BCUT2D eigenvalue weighted by molar-refractivity contribution is 6.09. The zero-order valence-electron chi connectivity index (χ0n) is 17.8. The van der Waals surface area contributed by atoms with Crippen LogP contribution in [0.3, 0.4) is 0 Å². The van der Waals surface area contributed by atoms with Crippen molar-refractivity contribution in [3.63, 3.8) is 0 Å². The SMILES string of the molecule is C=C1NC=C(C(=O)c2ccc(N3CCCCC3)cc2)C(c2ccc(N(C)C)cc2)N1. The zero-order chi connectivity index (χ0) is 21.1. The molecule has 30 heavy (non-hydrogen) atoms. The summed E-state index contributed by atoms with van der Waals surface area (Å²) in [6, 6.07) is 16.1. The van der Waals surface area contributed by atoms with Crippen LogP contribution in [-0.4, -0.2) is 33.0 Å². The molecule has 1 atom stereocenters. The normalized spacial score (nSPS) is 18.9. The molecule has 156 valence electrons. The average Bonchev–Trinajstić information content (AvgIpc) is 2.79. The molecule has 0 aliphatic carbocycles. The third-order valence-corrected chi connectivity index (χ3v) is 5.89. The minimum absolute atomic E-state index is 0.0226. The van der Waals surface area contributed by atoms with Crippen LogP contribution in [0.2, 0.25) is 0 Å². The first-order valence-electron chi connectivity index (χ1n) is 10.6. The molecular formula is C25H30N4O. The van der Waals surface area contributed by atoms with E-state index in [1.54, 1.807) is 6.20 Å². The molecule has 2 aromatic rings. The second kappa shape index (κ2) is 8.66. The van der Waals surface area contributed by atoms with Crippen LogP contribution in [0.1, 0.15) is 41.2 Å². The van der Waals surface area contributed by atoms with E-state index in [0.29, 0.717) is 17.0 Å². The molecule has 0 bridgehead atoms. The lowest BCUT2D eigenvalue weighted by Crippen LogP contribution is -2.35. The molecule has 0 saturated carbocycles. The second-order valence-corrected chi connectivity index (χ2v) is 8.21. The van der Waals surface area contributed by atoms with E-state index in [4.69, 9.17) is 0 Å². The highest BCUT2D eigenvalue weighted by Crippen LogP contribution is 2.30. The van der Waals surface area contributed by atoms with Gasteiger partial charge in [-0.15, -0.1) is 0 Å². The van der Waals surface area contributed by atoms with Crippen molar-refractivity contribution in [1.82, 2.24) is 10.6 Å². The fourth-order valence-corrected chi connectivity index (χ4v) is 4.11. The quantitative estimate of drug-likeness (QED) is 0.734. The highest BCUT2D eigenvalue weighted by atomic mass is 16.1. The Morgan fingerprint density at radius 2 is 1.67 bits per heavy atom. The van der Waals surface area contributed by atoms with Crippen LogP contribution in [0.4, 0.5) is 11.4 Å². The molecule has 4 rings (SSSR count). The first kappa shape index (κ1) is 20.1. The van der Waals surface area contributed by atoms with Gasteiger partial charge >= 0.3 is 0 Å². The molecular weight excluding hydrogens is 372 g/mol. The van der Waals surface area contributed by atoms with Crippen LogP contribution in [0.5, 0.6) is 0 Å². The maximum Gasteiger partial charge on any atom is 0.192 e. The maximum absolute atomic E-state index is 13.4. The number of carbonyl (C=O) groups excluding carboxylic acids is 1. The van der Waals surface area contributed by atoms with E-state index in [0.717, 1.165) is 24.3 Å². The summed E-state index contributed by atoms with van der Waals surface area (Å²) in [6.45, 7) is 6.17. The van der Waals surface area contributed by atoms with Crippen molar-refractivity contribution in [1.29, 1.82) is 0 Å². The van der Waals surface area contributed by atoms with Gasteiger partial charge < -0.3 is 20.4 Å². The van der Waals surface area contributed by atoms with E-state index >= 15 is 0 Å². The Morgan fingerprint density at radius 3 is 2.30 bits per heavy atom. The smallest absolute Gasteiger partial charge is 0.192 e. The van der Waals surface area contributed by atoms with E-state index in [1.807, 2.05) is 26.2 Å². The van der Waals surface area contributed by atoms with Gasteiger partial charge in [0.15, 0.2) is 5.78 Å². The Bertz CT molecular complexity index is 938. The number of rotatable bonds is 5. The van der Waals surface area contributed by atoms with Gasteiger partial charge in [-0.2, -0.15) is 0 Å². The zero-order valence-corrected chi connectivity index (χ0v) is 17.8. The number of piperidine rings is 1. The monoisotopic (exact) mass is 402 g/mol. The van der Waals surface area contributed by atoms with Crippen molar-refractivity contribution >= 4 is 17.2 Å². The lowest BCUT2D eigenvalue weighted by Gasteiger charge is -2.30. The lowest BCUT2D eigenvalue weighted by molar-refractivity contribution is 0.102. The lowest BCUT2D eigenvalue weighted by atomic mass is 9.91. The molecule has 2 aromatic carbocycles. The van der Waals surface area contributed by atoms with Crippen molar-refractivity contribution in [3.05, 3.63) is 83.8 Å². The number of hydrogen-bond acceptors (Lipinski definition) is 5. The van der Waals surface area contributed by atoms with Crippen LogP contribution < -0.4 is 20.4 Å². The number of hydrogen-bond donors (Lipinski definition) is 2. The Hall–Kier alpha value is -3.21. The number of ketones is 1. The Labute approximate surface area is 179 Å². The van der Waals surface area contributed by atoms with Crippen molar-refractivity contribution in [2.45, 2.75) is 25.3 Å². The highest BCUT2D eigenvalue weighted by Gasteiger charge is 2.27. The largest absolute Gasteiger partial charge is 0.378 e. The Kier molecular flexibility index (Phi) is 5.79. The second-order valence-electron chi connectivity index (χ2n) is 8.21. The van der Waals surface area contributed by atoms with Gasteiger partial charge in [-0.1, -0.05) is 18.7 Å². The number of anilines is 2. The first-order valence-corrected chi connectivity index (χ1v) is 10.6. The van der Waals surface area contributed by atoms with Crippen molar-refractivity contribution in [3.8, 4) is 0 Å². The van der Waals surface area contributed by atoms with Crippen LogP contribution in [-0.2, 0) is 0 Å². The van der Waals surface area contributed by atoms with Crippen LogP contribution >= 0.6 is 0 Å². The fraction of sp³-hybridized carbons (Fsp3) is 0.320. The summed E-state index contributed by atoms with van der Waals surface area (Å²) < 4.78 is 0. The van der Waals surface area contributed by atoms with Gasteiger partial charge in [0.05, 0.1) is 11.9 Å². The minimum Gasteiger partial charge on any atom is -0.378 e. The molecule has 1 fully saturated rings. The maximum atomic E-state index is 13.4. The third-order valence-electron chi connectivity index (χ3n) is 5.89. The molecule has 5 nitrogen and oxygen atoms in total. The van der Waals surface area contributed by atoms with E-state index in [1.165, 1.54) is 24.9 Å². The summed E-state index contributed by atoms with van der Waals surface area (Å²) in [4.78, 5) is 17.8. The van der Waals surface area contributed by atoms with E-state index < -0.39 is 0 Å². The molecule has 0 spiro atoms. The van der Waals surface area contributed by atoms with E-state index in [9.17, 15) is 4.79 Å². The molecule has 0 aromatic heterocycles. The number of benzene rings is 2. The first-order chi connectivity index (χ1) is 14.5. The molecule has 2 N–H and O–H groups in total. The van der Waals surface area contributed by atoms with Crippen LogP contribution in [0, 0.1) is 0 Å². The Balaban J connectivity index is 1.57. The molecule has 5 heteroatoms. The van der Waals surface area contributed by atoms with Gasteiger partial charge in [0, 0.05) is 55.9 Å². The molecule has 0 radical (unpaired) electrons. The summed E-state index contributed by atoms with van der Waals surface area (Å²) in [5.41, 5.74) is 4.74. The predicted octanol–water partition coefficient (Wildman–Crippen LogP) is 4.21. The van der Waals surface area contributed by atoms with Gasteiger partial charge in [-0.3, -0.25) is 4.79 Å². The number of Topliss-reactive ketones (excluding diaryl/α,β-unsaturated/α-hetero) is 1. The van der Waals surface area contributed by atoms with Crippen molar-refractivity contribution < 1.29 is 4.79 Å². The van der Waals surface area contributed by atoms with Crippen molar-refractivity contribution in [2.24, 2.45) is 0 Å². The molecule has 2 heterocycles. The van der Waals surface area contributed by atoms with E-state index in [-0.39, 0.29) is 11.8 Å². The summed E-state index contributed by atoms with van der Waals surface area (Å²) in [6.07, 6.45) is 5.57. The molecule has 1 saturated heterocycles. The number of nitrogens with one attached hydrogen (secondary N) is 2. The standard InChI is InChI=1S/C25H30N4O/c1-18-26-17-23(24(27-18)19-7-11-21(12-8-19)28(2)3)25(30)20-9-13-22(14-10-20)29-15-5-4-6-16-29/h7-14,17,24,26-27H,1,4-6,15-16H2,2-3H3. The van der Waals surface area contributed by atoms with Gasteiger partial charge in [0.25, 0.3) is 0 Å². The summed E-state index contributed by atoms with van der Waals surface area (Å²) in [5.74, 6) is 0.711. The van der Waals surface area contributed by atoms with Gasteiger partial charge in [-0.05, 0) is 61.2 Å². The number of carbonyl (C=O) groups is 1. The average molecular weight is 403 g/mol. The molecule has 2 aliphatic heterocycles. The Morgan fingerprint density at radius 1 is 1.00 bits per heavy atom.